The van der Waals surface area contributed by atoms with Crippen molar-refractivity contribution in [3.8, 4) is 32.6 Å². The predicted octanol–water partition coefficient (Wildman–Crippen LogP) is 7.94. The molecule has 0 aliphatic carbocycles. The normalized spacial score (nSPS) is 10.6. The van der Waals surface area contributed by atoms with Gasteiger partial charge in [0.05, 0.1) is 34.7 Å². The Labute approximate surface area is 206 Å². The number of fused-ring (bicyclic) bond motifs is 2. The first-order valence-corrected chi connectivity index (χ1v) is 12.4. The fourth-order valence-electron chi connectivity index (χ4n) is 3.50. The van der Waals surface area contributed by atoms with Crippen molar-refractivity contribution in [1.82, 2.24) is 9.97 Å². The zero-order valence-electron chi connectivity index (χ0n) is 18.8. The van der Waals surface area contributed by atoms with Gasteiger partial charge < -0.3 is 9.47 Å². The van der Waals surface area contributed by atoms with E-state index in [-0.39, 0.29) is 0 Å². The molecule has 2 aromatic heterocycles. The summed E-state index contributed by atoms with van der Waals surface area (Å²) in [4.78, 5) is 9.24. The van der Waals surface area contributed by atoms with Crippen LogP contribution in [0.3, 0.4) is 0 Å². The van der Waals surface area contributed by atoms with Crippen molar-refractivity contribution >= 4 is 43.1 Å². The number of rotatable bonds is 4. The van der Waals surface area contributed by atoms with E-state index in [9.17, 15) is 0 Å². The number of benzene rings is 4. The zero-order valence-corrected chi connectivity index (χ0v) is 20.4. The molecule has 168 valence electrons. The molecule has 0 aliphatic rings. The van der Waals surface area contributed by atoms with Crippen LogP contribution in [-0.4, -0.2) is 24.2 Å². The highest BCUT2D eigenvalue weighted by atomic mass is 32.1. The number of ether oxygens (including phenoxy) is 2. The molecule has 2 heterocycles. The molecule has 4 nitrogen and oxygen atoms in total. The van der Waals surface area contributed by atoms with Gasteiger partial charge in [-0.2, -0.15) is 0 Å². The van der Waals surface area contributed by atoms with Gasteiger partial charge in [0.1, 0.15) is 21.5 Å². The molecular formula is C28H22N2O2S2. The van der Waals surface area contributed by atoms with Crippen molar-refractivity contribution in [2.45, 2.75) is 0 Å². The first-order chi connectivity index (χ1) is 16.7. The van der Waals surface area contributed by atoms with Gasteiger partial charge in [-0.3, -0.25) is 0 Å². The zero-order chi connectivity index (χ0) is 23.3. The van der Waals surface area contributed by atoms with E-state index in [0.717, 1.165) is 43.7 Å². The second-order valence-corrected chi connectivity index (χ2v) is 9.50. The molecule has 0 bridgehead atoms. The third-order valence-electron chi connectivity index (χ3n) is 5.22. The summed E-state index contributed by atoms with van der Waals surface area (Å²) in [5.74, 6) is 1.73. The quantitative estimate of drug-likeness (QED) is 0.256. The van der Waals surface area contributed by atoms with Gasteiger partial charge in [0.2, 0.25) is 0 Å². The summed E-state index contributed by atoms with van der Waals surface area (Å²) in [6.07, 6.45) is 0. The lowest BCUT2D eigenvalue weighted by atomic mass is 10.2. The van der Waals surface area contributed by atoms with E-state index < -0.39 is 0 Å². The highest BCUT2D eigenvalue weighted by molar-refractivity contribution is 7.22. The Balaban J connectivity index is 0.000000142. The van der Waals surface area contributed by atoms with E-state index in [2.05, 4.69) is 34.2 Å². The van der Waals surface area contributed by atoms with Crippen LogP contribution in [0.4, 0.5) is 0 Å². The van der Waals surface area contributed by atoms with Crippen LogP contribution >= 0.6 is 22.7 Å². The predicted molar refractivity (Wildman–Crippen MR) is 143 cm³/mol. The minimum absolute atomic E-state index is 0.863. The summed E-state index contributed by atoms with van der Waals surface area (Å²) < 4.78 is 12.9. The van der Waals surface area contributed by atoms with Crippen LogP contribution in [0.15, 0.2) is 97.1 Å². The molecule has 4 aromatic carbocycles. The maximum Gasteiger partial charge on any atom is 0.124 e. The second kappa shape index (κ2) is 10.0. The molecule has 0 saturated heterocycles. The van der Waals surface area contributed by atoms with Crippen molar-refractivity contribution < 1.29 is 9.47 Å². The molecule has 0 spiro atoms. The first-order valence-electron chi connectivity index (χ1n) is 10.7. The average molecular weight is 483 g/mol. The molecule has 6 rings (SSSR count). The van der Waals surface area contributed by atoms with Crippen LogP contribution in [0.25, 0.3) is 41.6 Å². The van der Waals surface area contributed by atoms with E-state index in [1.807, 2.05) is 72.8 Å². The Kier molecular flexibility index (Phi) is 6.51. The van der Waals surface area contributed by atoms with Crippen molar-refractivity contribution in [3.63, 3.8) is 0 Å². The average Bonchev–Trinajstić information content (AvgIpc) is 3.54. The first kappa shape index (κ1) is 22.1. The van der Waals surface area contributed by atoms with E-state index >= 15 is 0 Å². The summed E-state index contributed by atoms with van der Waals surface area (Å²) in [5, 5.41) is 2.07. The molecule has 0 atom stereocenters. The maximum atomic E-state index is 5.23. The summed E-state index contributed by atoms with van der Waals surface area (Å²) in [6, 6.07) is 32.4. The monoisotopic (exact) mass is 482 g/mol. The van der Waals surface area contributed by atoms with E-state index in [0.29, 0.717) is 0 Å². The molecule has 6 aromatic rings. The van der Waals surface area contributed by atoms with Gasteiger partial charge in [-0.25, -0.2) is 9.97 Å². The second-order valence-electron chi connectivity index (χ2n) is 7.44. The minimum atomic E-state index is 0.863. The minimum Gasteiger partial charge on any atom is -0.497 e. The molecule has 0 saturated carbocycles. The van der Waals surface area contributed by atoms with Crippen LogP contribution in [0.1, 0.15) is 0 Å². The van der Waals surface area contributed by atoms with Crippen molar-refractivity contribution in [3.05, 3.63) is 97.1 Å². The molecule has 0 unspecified atom stereocenters. The molecule has 0 amide bonds. The lowest BCUT2D eigenvalue weighted by Crippen LogP contribution is -1.82. The van der Waals surface area contributed by atoms with Gasteiger partial charge in [0.25, 0.3) is 0 Å². The Hall–Kier alpha value is -3.74. The number of aromatic nitrogens is 2. The maximum absolute atomic E-state index is 5.23. The van der Waals surface area contributed by atoms with Gasteiger partial charge in [-0.05, 0) is 48.5 Å². The van der Waals surface area contributed by atoms with Gasteiger partial charge in [-0.15, -0.1) is 22.7 Å². The number of hydrogen-bond acceptors (Lipinski definition) is 6. The van der Waals surface area contributed by atoms with E-state index in [1.165, 1.54) is 9.40 Å². The van der Waals surface area contributed by atoms with Crippen LogP contribution in [-0.2, 0) is 0 Å². The largest absolute Gasteiger partial charge is 0.497 e. The van der Waals surface area contributed by atoms with Gasteiger partial charge in [0, 0.05) is 11.1 Å². The molecular weight excluding hydrogens is 460 g/mol. The summed E-state index contributed by atoms with van der Waals surface area (Å²) >= 11 is 3.41. The summed E-state index contributed by atoms with van der Waals surface area (Å²) in [6.45, 7) is 0. The van der Waals surface area contributed by atoms with Crippen LogP contribution in [0.5, 0.6) is 11.5 Å². The highest BCUT2D eigenvalue weighted by Crippen LogP contribution is 2.32. The fraction of sp³-hybridized carbons (Fsp3) is 0.0714. The summed E-state index contributed by atoms with van der Waals surface area (Å²) in [5.41, 5.74) is 4.31. The highest BCUT2D eigenvalue weighted by Gasteiger charge is 2.07. The Bertz CT molecular complexity index is 1370. The Morgan fingerprint density at radius 2 is 0.971 bits per heavy atom. The molecule has 34 heavy (non-hydrogen) atoms. The van der Waals surface area contributed by atoms with Crippen molar-refractivity contribution in [1.29, 1.82) is 0 Å². The standard InChI is InChI=1S/2C14H11NOS/c2*1-16-11-6-4-5-10(9-11)14-15-12-7-2-3-8-13(12)17-14/h2*2-9H,1H3. The van der Waals surface area contributed by atoms with Gasteiger partial charge >= 0.3 is 0 Å². The van der Waals surface area contributed by atoms with Crippen LogP contribution in [0.2, 0.25) is 0 Å². The Morgan fingerprint density at radius 3 is 1.38 bits per heavy atom. The van der Waals surface area contributed by atoms with E-state index in [1.54, 1.807) is 36.9 Å². The number of hydrogen-bond donors (Lipinski definition) is 0. The summed E-state index contributed by atoms with van der Waals surface area (Å²) in [7, 11) is 3.36. The Morgan fingerprint density at radius 1 is 0.529 bits per heavy atom. The van der Waals surface area contributed by atoms with Crippen LogP contribution < -0.4 is 9.47 Å². The molecule has 0 radical (unpaired) electrons. The molecule has 0 N–H and O–H groups in total. The lowest BCUT2D eigenvalue weighted by Gasteiger charge is -2.00. The topological polar surface area (TPSA) is 44.2 Å². The number of thiazole rings is 2. The van der Waals surface area contributed by atoms with E-state index in [4.69, 9.17) is 9.47 Å². The van der Waals surface area contributed by atoms with Gasteiger partial charge in [-0.1, -0.05) is 48.5 Å². The SMILES string of the molecule is COc1cccc(-c2nc3ccccc3s2)c1.COc1cccc(-c2nc3ccccc3s2)c1. The van der Waals surface area contributed by atoms with Crippen molar-refractivity contribution in [2.75, 3.05) is 14.2 Å². The lowest BCUT2D eigenvalue weighted by molar-refractivity contribution is 0.415. The smallest absolute Gasteiger partial charge is 0.124 e. The number of para-hydroxylation sites is 2. The van der Waals surface area contributed by atoms with Gasteiger partial charge in [0.15, 0.2) is 0 Å². The molecule has 0 aliphatic heterocycles. The molecule has 0 fully saturated rings. The third-order valence-corrected chi connectivity index (χ3v) is 7.39. The molecule has 6 heteroatoms. The fourth-order valence-corrected chi connectivity index (χ4v) is 5.43. The van der Waals surface area contributed by atoms with Crippen LogP contribution in [0, 0.1) is 0 Å². The number of nitrogens with zero attached hydrogens (tertiary/aromatic N) is 2. The third kappa shape index (κ3) is 4.78. The number of methoxy groups -OCH3 is 2. The van der Waals surface area contributed by atoms with Crippen molar-refractivity contribution in [2.24, 2.45) is 0 Å².